The van der Waals surface area contributed by atoms with Gasteiger partial charge < -0.3 is 10.5 Å². The first-order chi connectivity index (χ1) is 13.7. The van der Waals surface area contributed by atoms with Gasteiger partial charge in [-0.05, 0) is 24.1 Å². The van der Waals surface area contributed by atoms with E-state index in [1.165, 1.54) is 5.56 Å². The predicted molar refractivity (Wildman–Crippen MR) is 105 cm³/mol. The van der Waals surface area contributed by atoms with Crippen LogP contribution in [0.25, 0.3) is 16.6 Å². The lowest BCUT2D eigenvalue weighted by molar-refractivity contribution is 0.186. The Kier molecular flexibility index (Phi) is 4.14. The number of benzene rings is 1. The molecule has 8 nitrogen and oxygen atoms in total. The van der Waals surface area contributed by atoms with Gasteiger partial charge in [0, 0.05) is 37.3 Å². The summed E-state index contributed by atoms with van der Waals surface area (Å²) in [5.41, 5.74) is 11.2. The van der Waals surface area contributed by atoms with E-state index in [4.69, 9.17) is 15.5 Å². The standard InChI is InChI=1S/C20H21N7O/c1-28-12-14-4-2-6-15-18(14)24-20(21)27-19(15)23-17(25-27)11-26-9-7-13-5-3-8-22-16(13)10-26/h2-6,8H,7,9-12H2,1H3,(H2,21,24). The van der Waals surface area contributed by atoms with Crippen molar-refractivity contribution in [2.24, 2.45) is 0 Å². The molecular weight excluding hydrogens is 354 g/mol. The second-order valence-electron chi connectivity index (χ2n) is 7.05. The van der Waals surface area contributed by atoms with Gasteiger partial charge in [-0.1, -0.05) is 18.2 Å². The summed E-state index contributed by atoms with van der Waals surface area (Å²) in [6, 6.07) is 10.1. The second-order valence-corrected chi connectivity index (χ2v) is 7.05. The topological polar surface area (TPSA) is 94.5 Å². The van der Waals surface area contributed by atoms with Gasteiger partial charge in [0.15, 0.2) is 11.5 Å². The highest BCUT2D eigenvalue weighted by Gasteiger charge is 2.20. The molecule has 142 valence electrons. The zero-order valence-corrected chi connectivity index (χ0v) is 15.7. The summed E-state index contributed by atoms with van der Waals surface area (Å²) in [4.78, 5) is 16.1. The summed E-state index contributed by atoms with van der Waals surface area (Å²) in [5.74, 6) is 1.06. The molecule has 0 atom stereocenters. The number of methoxy groups -OCH3 is 1. The van der Waals surface area contributed by atoms with Gasteiger partial charge in [-0.2, -0.15) is 4.52 Å². The Balaban J connectivity index is 1.51. The van der Waals surface area contributed by atoms with Crippen molar-refractivity contribution in [1.29, 1.82) is 0 Å². The fraction of sp³-hybridized carbons (Fsp3) is 0.300. The van der Waals surface area contributed by atoms with Gasteiger partial charge in [0.05, 0.1) is 24.4 Å². The van der Waals surface area contributed by atoms with Gasteiger partial charge in [0.2, 0.25) is 5.95 Å². The van der Waals surface area contributed by atoms with E-state index in [0.717, 1.165) is 53.1 Å². The molecule has 0 unspecified atom stereocenters. The molecule has 0 radical (unpaired) electrons. The molecule has 5 rings (SSSR count). The molecule has 0 saturated carbocycles. The van der Waals surface area contributed by atoms with Crippen molar-refractivity contribution in [3.63, 3.8) is 0 Å². The molecule has 0 amide bonds. The van der Waals surface area contributed by atoms with Crippen LogP contribution >= 0.6 is 0 Å². The van der Waals surface area contributed by atoms with Gasteiger partial charge in [-0.3, -0.25) is 9.88 Å². The number of rotatable bonds is 4. The normalized spacial score (nSPS) is 14.6. The van der Waals surface area contributed by atoms with Crippen molar-refractivity contribution in [2.45, 2.75) is 26.1 Å². The van der Waals surface area contributed by atoms with Gasteiger partial charge >= 0.3 is 0 Å². The lowest BCUT2D eigenvalue weighted by Crippen LogP contribution is -2.31. The number of fused-ring (bicyclic) bond motifs is 4. The van der Waals surface area contributed by atoms with E-state index in [9.17, 15) is 0 Å². The van der Waals surface area contributed by atoms with Crippen LogP contribution < -0.4 is 5.73 Å². The van der Waals surface area contributed by atoms with E-state index < -0.39 is 0 Å². The average molecular weight is 375 g/mol. The van der Waals surface area contributed by atoms with E-state index in [2.05, 4.69) is 26.0 Å². The van der Waals surface area contributed by atoms with Gasteiger partial charge in [0.1, 0.15) is 0 Å². The number of nitrogen functional groups attached to an aromatic ring is 1. The molecule has 28 heavy (non-hydrogen) atoms. The highest BCUT2D eigenvalue weighted by Crippen LogP contribution is 2.24. The first-order valence-corrected chi connectivity index (χ1v) is 9.29. The summed E-state index contributed by atoms with van der Waals surface area (Å²) < 4.78 is 6.92. The lowest BCUT2D eigenvalue weighted by Gasteiger charge is -2.26. The Bertz CT molecular complexity index is 1170. The monoisotopic (exact) mass is 375 g/mol. The van der Waals surface area contributed by atoms with Gasteiger partial charge in [0.25, 0.3) is 0 Å². The van der Waals surface area contributed by atoms with Gasteiger partial charge in [-0.25, -0.2) is 9.97 Å². The van der Waals surface area contributed by atoms with E-state index in [1.807, 2.05) is 30.5 Å². The maximum Gasteiger partial charge on any atom is 0.223 e. The largest absolute Gasteiger partial charge is 0.380 e. The molecular formula is C20H21N7O. The molecule has 4 aromatic rings. The number of nitrogens with two attached hydrogens (primary N) is 1. The summed E-state index contributed by atoms with van der Waals surface area (Å²) in [5, 5.41) is 5.54. The third kappa shape index (κ3) is 2.87. The number of hydrogen-bond donors (Lipinski definition) is 1. The van der Waals surface area contributed by atoms with Crippen LogP contribution in [0.4, 0.5) is 5.95 Å². The van der Waals surface area contributed by atoms with Crippen LogP contribution in [0.5, 0.6) is 0 Å². The van der Waals surface area contributed by atoms with Crippen LogP contribution in [-0.4, -0.2) is 43.1 Å². The summed E-state index contributed by atoms with van der Waals surface area (Å²) in [6.45, 7) is 2.89. The second kappa shape index (κ2) is 6.81. The third-order valence-electron chi connectivity index (χ3n) is 5.17. The Morgan fingerprint density at radius 1 is 1.18 bits per heavy atom. The number of hydrogen-bond acceptors (Lipinski definition) is 7. The molecule has 8 heteroatoms. The van der Waals surface area contributed by atoms with Crippen molar-refractivity contribution in [3.8, 4) is 0 Å². The first kappa shape index (κ1) is 17.0. The Labute approximate surface area is 162 Å². The van der Waals surface area contributed by atoms with Crippen LogP contribution in [0.15, 0.2) is 36.5 Å². The van der Waals surface area contributed by atoms with Crippen molar-refractivity contribution in [1.82, 2.24) is 29.5 Å². The molecule has 1 aromatic carbocycles. The molecule has 0 saturated heterocycles. The maximum absolute atomic E-state index is 6.18. The van der Waals surface area contributed by atoms with Crippen molar-refractivity contribution in [3.05, 3.63) is 59.2 Å². The highest BCUT2D eigenvalue weighted by atomic mass is 16.5. The van der Waals surface area contributed by atoms with Crippen molar-refractivity contribution < 1.29 is 4.74 Å². The molecule has 0 aliphatic carbocycles. The van der Waals surface area contributed by atoms with Gasteiger partial charge in [-0.15, -0.1) is 5.10 Å². The smallest absolute Gasteiger partial charge is 0.223 e. The van der Waals surface area contributed by atoms with Crippen LogP contribution in [0.2, 0.25) is 0 Å². The van der Waals surface area contributed by atoms with E-state index in [0.29, 0.717) is 19.1 Å². The predicted octanol–water partition coefficient (Wildman–Crippen LogP) is 1.96. The first-order valence-electron chi connectivity index (χ1n) is 9.29. The minimum atomic E-state index is 0.329. The number of ether oxygens (including phenoxy) is 1. The molecule has 0 fully saturated rings. The molecule has 0 spiro atoms. The van der Waals surface area contributed by atoms with Crippen molar-refractivity contribution in [2.75, 3.05) is 19.4 Å². The fourth-order valence-corrected chi connectivity index (χ4v) is 3.84. The van der Waals surface area contributed by atoms with Crippen LogP contribution in [0, 0.1) is 0 Å². The zero-order chi connectivity index (χ0) is 19.1. The fourth-order valence-electron chi connectivity index (χ4n) is 3.84. The summed E-state index contributed by atoms with van der Waals surface area (Å²) >= 11 is 0. The SMILES string of the molecule is COCc1cccc2c1nc(N)n1nc(CN3CCc4cccnc4C3)nc21. The maximum atomic E-state index is 6.18. The third-order valence-corrected chi connectivity index (χ3v) is 5.17. The quantitative estimate of drug-likeness (QED) is 0.583. The summed E-state index contributed by atoms with van der Waals surface area (Å²) in [7, 11) is 1.67. The Hall–Kier alpha value is -3.10. The van der Waals surface area contributed by atoms with Crippen LogP contribution in [0.1, 0.15) is 22.6 Å². The average Bonchev–Trinajstić information content (AvgIpc) is 3.13. The summed E-state index contributed by atoms with van der Waals surface area (Å²) in [6.07, 6.45) is 2.84. The molecule has 1 aliphatic rings. The number of nitrogens with zero attached hydrogens (tertiary/aromatic N) is 6. The number of aromatic nitrogens is 5. The van der Waals surface area contributed by atoms with Crippen molar-refractivity contribution >= 4 is 22.5 Å². The van der Waals surface area contributed by atoms with Crippen LogP contribution in [0.3, 0.4) is 0 Å². The Morgan fingerprint density at radius 2 is 2.11 bits per heavy atom. The minimum absolute atomic E-state index is 0.329. The molecule has 0 bridgehead atoms. The molecule has 4 heterocycles. The van der Waals surface area contributed by atoms with E-state index in [-0.39, 0.29) is 0 Å². The van der Waals surface area contributed by atoms with E-state index >= 15 is 0 Å². The number of pyridine rings is 1. The van der Waals surface area contributed by atoms with Crippen LogP contribution in [-0.2, 0) is 30.9 Å². The zero-order valence-electron chi connectivity index (χ0n) is 15.7. The van der Waals surface area contributed by atoms with E-state index in [1.54, 1.807) is 11.6 Å². The number of anilines is 1. The Morgan fingerprint density at radius 3 is 3.00 bits per heavy atom. The highest BCUT2D eigenvalue weighted by molar-refractivity contribution is 5.94. The molecule has 3 aromatic heterocycles. The number of para-hydroxylation sites is 1. The lowest BCUT2D eigenvalue weighted by atomic mass is 10.1. The molecule has 1 aliphatic heterocycles. The minimum Gasteiger partial charge on any atom is -0.380 e. The molecule has 2 N–H and O–H groups in total.